The largest absolute Gasteiger partial charge is 0.465 e. The van der Waals surface area contributed by atoms with E-state index >= 15 is 0 Å². The van der Waals surface area contributed by atoms with Crippen LogP contribution in [0.15, 0.2) is 72.9 Å². The first kappa shape index (κ1) is 19.7. The Morgan fingerprint density at radius 1 is 1.03 bits per heavy atom. The van der Waals surface area contributed by atoms with Crippen molar-refractivity contribution in [1.82, 2.24) is 9.55 Å². The molecule has 0 N–H and O–H groups in total. The highest BCUT2D eigenvalue weighted by Crippen LogP contribution is 2.30. The van der Waals surface area contributed by atoms with Crippen LogP contribution < -0.4 is 4.74 Å². The number of fused-ring (bicyclic) bond motifs is 1. The number of benzene rings is 2. The molecule has 0 atom stereocenters. The van der Waals surface area contributed by atoms with E-state index in [2.05, 4.69) is 65.0 Å². The third kappa shape index (κ3) is 4.06. The van der Waals surface area contributed by atoms with Gasteiger partial charge in [-0.05, 0) is 42.7 Å². The minimum absolute atomic E-state index is 0.152. The minimum atomic E-state index is -0.399. The Bertz CT molecular complexity index is 1170. The molecule has 152 valence electrons. The van der Waals surface area contributed by atoms with Crippen LogP contribution in [0.5, 0.6) is 5.88 Å². The Balaban J connectivity index is 1.68. The van der Waals surface area contributed by atoms with E-state index in [1.807, 2.05) is 18.2 Å². The highest BCUT2D eigenvalue weighted by atomic mass is 16.6. The molecule has 0 unspecified atom stereocenters. The van der Waals surface area contributed by atoms with Gasteiger partial charge in [0.1, 0.15) is 0 Å². The fraction of sp³-hybridized carbons (Fsp3) is 0.200. The van der Waals surface area contributed by atoms with Crippen molar-refractivity contribution in [3.05, 3.63) is 84.2 Å². The molecule has 2 heterocycles. The maximum Gasteiger partial charge on any atom is 0.344 e. The molecule has 2 aromatic carbocycles. The van der Waals surface area contributed by atoms with Gasteiger partial charge < -0.3 is 14.0 Å². The lowest BCUT2D eigenvalue weighted by Gasteiger charge is -2.13. The standard InChI is InChI=1S/C25H24N2O3/c1-3-29-24(28)17-30-25-22-15-18(2)27(23(22)13-14-26-25)16-20-11-7-8-12-21(20)19-9-5-4-6-10-19/h4-15H,3,16-17H2,1-2H3. The van der Waals surface area contributed by atoms with Gasteiger partial charge in [-0.15, -0.1) is 0 Å². The maximum atomic E-state index is 11.7. The van der Waals surface area contributed by atoms with Gasteiger partial charge in [0, 0.05) is 18.4 Å². The van der Waals surface area contributed by atoms with Gasteiger partial charge in [-0.25, -0.2) is 9.78 Å². The molecule has 0 saturated heterocycles. The summed E-state index contributed by atoms with van der Waals surface area (Å²) in [7, 11) is 0. The van der Waals surface area contributed by atoms with Crippen LogP contribution in [0.4, 0.5) is 0 Å². The topological polar surface area (TPSA) is 53.4 Å². The van der Waals surface area contributed by atoms with E-state index in [-0.39, 0.29) is 6.61 Å². The van der Waals surface area contributed by atoms with Crippen LogP contribution in [-0.2, 0) is 16.1 Å². The average Bonchev–Trinajstić information content (AvgIpc) is 3.09. The van der Waals surface area contributed by atoms with Crippen molar-refractivity contribution in [2.45, 2.75) is 20.4 Å². The van der Waals surface area contributed by atoms with Gasteiger partial charge in [-0.3, -0.25) is 0 Å². The second kappa shape index (κ2) is 8.82. The zero-order valence-corrected chi connectivity index (χ0v) is 17.2. The first-order valence-electron chi connectivity index (χ1n) is 10.0. The predicted octanol–water partition coefficient (Wildman–Crippen LogP) is 5.00. The Kier molecular flexibility index (Phi) is 5.80. The number of pyridine rings is 1. The molecule has 0 aliphatic heterocycles. The van der Waals surface area contributed by atoms with E-state index in [4.69, 9.17) is 9.47 Å². The molecular weight excluding hydrogens is 376 g/mol. The molecule has 0 aliphatic rings. The first-order chi connectivity index (χ1) is 14.7. The second-order valence-electron chi connectivity index (χ2n) is 7.04. The van der Waals surface area contributed by atoms with Crippen molar-refractivity contribution >= 4 is 16.9 Å². The van der Waals surface area contributed by atoms with Crippen LogP contribution >= 0.6 is 0 Å². The van der Waals surface area contributed by atoms with Crippen molar-refractivity contribution in [3.63, 3.8) is 0 Å². The van der Waals surface area contributed by atoms with Crippen LogP contribution in [0, 0.1) is 6.92 Å². The molecule has 30 heavy (non-hydrogen) atoms. The molecule has 0 fully saturated rings. The van der Waals surface area contributed by atoms with Crippen molar-refractivity contribution < 1.29 is 14.3 Å². The number of nitrogens with zero attached hydrogens (tertiary/aromatic N) is 2. The molecule has 0 aliphatic carbocycles. The quantitative estimate of drug-likeness (QED) is 0.410. The fourth-order valence-electron chi connectivity index (χ4n) is 3.67. The van der Waals surface area contributed by atoms with E-state index < -0.39 is 5.97 Å². The van der Waals surface area contributed by atoms with Gasteiger partial charge >= 0.3 is 5.97 Å². The number of aryl methyl sites for hydroxylation is 1. The average molecular weight is 400 g/mol. The van der Waals surface area contributed by atoms with Gasteiger partial charge in [-0.2, -0.15) is 0 Å². The lowest BCUT2D eigenvalue weighted by molar-refractivity contribution is -0.145. The van der Waals surface area contributed by atoms with Gasteiger partial charge in [-0.1, -0.05) is 54.6 Å². The minimum Gasteiger partial charge on any atom is -0.465 e. The van der Waals surface area contributed by atoms with Gasteiger partial charge in [0.15, 0.2) is 6.61 Å². The number of rotatable bonds is 7. The molecule has 4 rings (SSSR count). The number of carbonyl (C=O) groups excluding carboxylic acids is 1. The predicted molar refractivity (Wildman–Crippen MR) is 118 cm³/mol. The summed E-state index contributed by atoms with van der Waals surface area (Å²) >= 11 is 0. The number of hydrogen-bond donors (Lipinski definition) is 0. The fourth-order valence-corrected chi connectivity index (χ4v) is 3.67. The molecule has 5 heteroatoms. The summed E-state index contributed by atoms with van der Waals surface area (Å²) in [6.45, 7) is 4.74. The SMILES string of the molecule is CCOC(=O)COc1nccc2c1cc(C)n2Cc1ccccc1-c1ccccc1. The van der Waals surface area contributed by atoms with Crippen LogP contribution in [0.1, 0.15) is 18.2 Å². The van der Waals surface area contributed by atoms with Crippen LogP contribution in [0.25, 0.3) is 22.0 Å². The summed E-state index contributed by atoms with van der Waals surface area (Å²) < 4.78 is 12.8. The smallest absolute Gasteiger partial charge is 0.344 e. The van der Waals surface area contributed by atoms with Crippen LogP contribution in [0.2, 0.25) is 0 Å². The summed E-state index contributed by atoms with van der Waals surface area (Å²) in [5, 5.41) is 0.886. The number of aromatic nitrogens is 2. The van der Waals surface area contributed by atoms with E-state index in [0.29, 0.717) is 12.5 Å². The summed E-state index contributed by atoms with van der Waals surface area (Å²) in [6, 6.07) is 22.9. The molecule has 4 aromatic rings. The number of hydrogen-bond acceptors (Lipinski definition) is 4. The Morgan fingerprint density at radius 2 is 1.80 bits per heavy atom. The Labute approximate surface area is 175 Å². The van der Waals surface area contributed by atoms with Crippen molar-refractivity contribution in [2.75, 3.05) is 13.2 Å². The third-order valence-corrected chi connectivity index (χ3v) is 5.06. The molecule has 0 bridgehead atoms. The number of esters is 1. The summed E-state index contributed by atoms with van der Waals surface area (Å²) in [6.07, 6.45) is 1.71. The van der Waals surface area contributed by atoms with Crippen LogP contribution in [0.3, 0.4) is 0 Å². The second-order valence-corrected chi connectivity index (χ2v) is 7.04. The molecule has 5 nitrogen and oxygen atoms in total. The monoisotopic (exact) mass is 400 g/mol. The lowest BCUT2D eigenvalue weighted by atomic mass is 9.99. The molecule has 0 saturated carbocycles. The lowest BCUT2D eigenvalue weighted by Crippen LogP contribution is -2.15. The number of ether oxygens (including phenoxy) is 2. The molecule has 0 amide bonds. The van der Waals surface area contributed by atoms with Gasteiger partial charge in [0.2, 0.25) is 5.88 Å². The summed E-state index contributed by atoms with van der Waals surface area (Å²) in [4.78, 5) is 16.0. The molecule has 2 aromatic heterocycles. The molecular formula is C25H24N2O3. The highest BCUT2D eigenvalue weighted by Gasteiger charge is 2.14. The van der Waals surface area contributed by atoms with E-state index in [1.165, 1.54) is 16.7 Å². The zero-order valence-electron chi connectivity index (χ0n) is 17.2. The molecule has 0 spiro atoms. The normalized spacial score (nSPS) is 10.9. The van der Waals surface area contributed by atoms with Gasteiger partial charge in [0.05, 0.1) is 17.5 Å². The van der Waals surface area contributed by atoms with Crippen molar-refractivity contribution in [3.8, 4) is 17.0 Å². The Morgan fingerprint density at radius 3 is 2.60 bits per heavy atom. The zero-order chi connectivity index (χ0) is 20.9. The first-order valence-corrected chi connectivity index (χ1v) is 10.0. The van der Waals surface area contributed by atoms with Crippen molar-refractivity contribution in [1.29, 1.82) is 0 Å². The van der Waals surface area contributed by atoms with E-state index in [0.717, 1.165) is 23.1 Å². The highest BCUT2D eigenvalue weighted by molar-refractivity contribution is 5.86. The number of carbonyl (C=O) groups is 1. The van der Waals surface area contributed by atoms with Crippen molar-refractivity contribution in [2.24, 2.45) is 0 Å². The van der Waals surface area contributed by atoms with Gasteiger partial charge in [0.25, 0.3) is 0 Å². The molecule has 0 radical (unpaired) electrons. The van der Waals surface area contributed by atoms with Crippen LogP contribution in [-0.4, -0.2) is 28.7 Å². The third-order valence-electron chi connectivity index (χ3n) is 5.06. The van der Waals surface area contributed by atoms with E-state index in [1.54, 1.807) is 13.1 Å². The summed E-state index contributed by atoms with van der Waals surface area (Å²) in [5.41, 5.74) is 5.76. The van der Waals surface area contributed by atoms with E-state index in [9.17, 15) is 4.79 Å². The summed E-state index contributed by atoms with van der Waals surface area (Å²) in [5.74, 6) is 0.0444. The Hall–Kier alpha value is -3.60. The maximum absolute atomic E-state index is 11.7.